The van der Waals surface area contributed by atoms with Crippen LogP contribution in [0.1, 0.15) is 30.8 Å². The number of aryl methyl sites for hydroxylation is 2. The summed E-state index contributed by atoms with van der Waals surface area (Å²) >= 11 is 0. The van der Waals surface area contributed by atoms with Gasteiger partial charge in [-0.1, -0.05) is 25.1 Å². The second-order valence-corrected chi connectivity index (χ2v) is 4.69. The largest absolute Gasteiger partial charge is 0.370 e. The molecule has 0 aliphatic carbocycles. The highest BCUT2D eigenvalue weighted by atomic mass is 15.0. The Labute approximate surface area is 115 Å². The van der Waals surface area contributed by atoms with Gasteiger partial charge >= 0.3 is 0 Å². The molecule has 1 aromatic heterocycles. The quantitative estimate of drug-likeness (QED) is 0.904. The van der Waals surface area contributed by atoms with Gasteiger partial charge in [0.05, 0.1) is 5.69 Å². The van der Waals surface area contributed by atoms with Gasteiger partial charge in [0, 0.05) is 24.6 Å². The minimum atomic E-state index is 0.844. The standard InChI is InChI=1S/C16H21N3/c1-5-15-18-14(10-16(19-15)17-6-2)13-9-7-8-11(3)12(13)4/h7-10H,5-6H2,1-4H3,(H,17,18,19). The molecule has 0 radical (unpaired) electrons. The summed E-state index contributed by atoms with van der Waals surface area (Å²) in [6.07, 6.45) is 0.844. The Morgan fingerprint density at radius 2 is 1.89 bits per heavy atom. The van der Waals surface area contributed by atoms with Gasteiger partial charge in [0.15, 0.2) is 0 Å². The van der Waals surface area contributed by atoms with E-state index in [1.54, 1.807) is 0 Å². The van der Waals surface area contributed by atoms with Crippen LogP contribution < -0.4 is 5.32 Å². The van der Waals surface area contributed by atoms with Crippen LogP contribution in [-0.4, -0.2) is 16.5 Å². The van der Waals surface area contributed by atoms with Crippen LogP contribution in [0.15, 0.2) is 24.3 Å². The molecule has 0 amide bonds. The fourth-order valence-corrected chi connectivity index (χ4v) is 2.09. The van der Waals surface area contributed by atoms with E-state index in [9.17, 15) is 0 Å². The minimum absolute atomic E-state index is 0.844. The number of nitrogens with one attached hydrogen (secondary N) is 1. The maximum atomic E-state index is 4.66. The SMILES string of the molecule is CCNc1cc(-c2cccc(C)c2C)nc(CC)n1. The molecule has 0 fully saturated rings. The van der Waals surface area contributed by atoms with E-state index in [1.165, 1.54) is 16.7 Å². The topological polar surface area (TPSA) is 37.8 Å². The van der Waals surface area contributed by atoms with Gasteiger partial charge < -0.3 is 5.32 Å². The molecule has 0 atom stereocenters. The van der Waals surface area contributed by atoms with Crippen molar-refractivity contribution < 1.29 is 0 Å². The van der Waals surface area contributed by atoms with Crippen molar-refractivity contribution in [2.75, 3.05) is 11.9 Å². The zero-order valence-electron chi connectivity index (χ0n) is 12.1. The predicted octanol–water partition coefficient (Wildman–Crippen LogP) is 3.75. The molecule has 2 aromatic rings. The summed E-state index contributed by atoms with van der Waals surface area (Å²) in [7, 11) is 0. The van der Waals surface area contributed by atoms with Crippen LogP contribution in [0, 0.1) is 13.8 Å². The number of nitrogens with zero attached hydrogens (tertiary/aromatic N) is 2. The lowest BCUT2D eigenvalue weighted by Crippen LogP contribution is -2.04. The van der Waals surface area contributed by atoms with Gasteiger partial charge in [-0.05, 0) is 31.9 Å². The predicted molar refractivity (Wildman–Crippen MR) is 80.5 cm³/mol. The minimum Gasteiger partial charge on any atom is -0.370 e. The van der Waals surface area contributed by atoms with Crippen LogP contribution in [0.25, 0.3) is 11.3 Å². The summed E-state index contributed by atoms with van der Waals surface area (Å²) in [5, 5.41) is 3.28. The average molecular weight is 255 g/mol. The van der Waals surface area contributed by atoms with Crippen molar-refractivity contribution in [3.8, 4) is 11.3 Å². The Morgan fingerprint density at radius 1 is 1.11 bits per heavy atom. The van der Waals surface area contributed by atoms with Gasteiger partial charge in [-0.3, -0.25) is 0 Å². The first-order valence-electron chi connectivity index (χ1n) is 6.84. The number of benzene rings is 1. The highest BCUT2D eigenvalue weighted by Crippen LogP contribution is 2.25. The monoisotopic (exact) mass is 255 g/mol. The Bertz CT molecular complexity index is 576. The van der Waals surface area contributed by atoms with Crippen LogP contribution in [0.3, 0.4) is 0 Å². The molecule has 3 heteroatoms. The second-order valence-electron chi connectivity index (χ2n) is 4.69. The Hall–Kier alpha value is -1.90. The zero-order valence-corrected chi connectivity index (χ0v) is 12.1. The van der Waals surface area contributed by atoms with E-state index < -0.39 is 0 Å². The Balaban J connectivity index is 2.54. The van der Waals surface area contributed by atoms with Crippen molar-refractivity contribution in [2.24, 2.45) is 0 Å². The summed E-state index contributed by atoms with van der Waals surface area (Å²) in [6.45, 7) is 9.30. The fourth-order valence-electron chi connectivity index (χ4n) is 2.09. The molecule has 1 aromatic carbocycles. The molecule has 0 unspecified atom stereocenters. The summed E-state index contributed by atoms with van der Waals surface area (Å²) in [5.41, 5.74) is 4.77. The van der Waals surface area contributed by atoms with Crippen LogP contribution in [0.2, 0.25) is 0 Å². The van der Waals surface area contributed by atoms with Gasteiger partial charge in [0.25, 0.3) is 0 Å². The van der Waals surface area contributed by atoms with Crippen molar-refractivity contribution in [2.45, 2.75) is 34.1 Å². The molecular formula is C16H21N3. The number of rotatable bonds is 4. The lowest BCUT2D eigenvalue weighted by molar-refractivity contribution is 0.939. The molecule has 100 valence electrons. The lowest BCUT2D eigenvalue weighted by atomic mass is 10.0. The summed E-state index contributed by atoms with van der Waals surface area (Å²) < 4.78 is 0. The Morgan fingerprint density at radius 3 is 2.58 bits per heavy atom. The van der Waals surface area contributed by atoms with E-state index in [4.69, 9.17) is 0 Å². The van der Waals surface area contributed by atoms with E-state index >= 15 is 0 Å². The van der Waals surface area contributed by atoms with E-state index in [-0.39, 0.29) is 0 Å². The van der Waals surface area contributed by atoms with Gasteiger partial charge in [-0.15, -0.1) is 0 Å². The van der Waals surface area contributed by atoms with E-state index in [2.05, 4.69) is 61.2 Å². The third-order valence-corrected chi connectivity index (χ3v) is 3.33. The Kier molecular flexibility index (Phi) is 4.15. The molecule has 0 saturated heterocycles. The highest BCUT2D eigenvalue weighted by Gasteiger charge is 2.08. The van der Waals surface area contributed by atoms with E-state index in [0.717, 1.165) is 30.3 Å². The van der Waals surface area contributed by atoms with Gasteiger partial charge in [-0.25, -0.2) is 9.97 Å². The molecule has 0 bridgehead atoms. The van der Waals surface area contributed by atoms with Crippen molar-refractivity contribution in [1.82, 2.24) is 9.97 Å². The highest BCUT2D eigenvalue weighted by molar-refractivity contribution is 5.67. The van der Waals surface area contributed by atoms with Gasteiger partial charge in [-0.2, -0.15) is 0 Å². The molecule has 19 heavy (non-hydrogen) atoms. The third kappa shape index (κ3) is 2.92. The molecule has 0 aliphatic rings. The van der Waals surface area contributed by atoms with Crippen LogP contribution in [-0.2, 0) is 6.42 Å². The first kappa shape index (κ1) is 13.5. The number of hydrogen-bond acceptors (Lipinski definition) is 3. The zero-order chi connectivity index (χ0) is 13.8. The fraction of sp³-hybridized carbons (Fsp3) is 0.375. The molecule has 1 N–H and O–H groups in total. The van der Waals surface area contributed by atoms with Crippen molar-refractivity contribution in [3.63, 3.8) is 0 Å². The normalized spacial score (nSPS) is 10.5. The lowest BCUT2D eigenvalue weighted by Gasteiger charge is -2.11. The molecule has 0 saturated carbocycles. The number of anilines is 1. The molecule has 1 heterocycles. The molecule has 0 spiro atoms. The van der Waals surface area contributed by atoms with E-state index in [0.29, 0.717) is 0 Å². The number of hydrogen-bond donors (Lipinski definition) is 1. The molecule has 0 aliphatic heterocycles. The van der Waals surface area contributed by atoms with Gasteiger partial charge in [0.2, 0.25) is 0 Å². The number of aromatic nitrogens is 2. The van der Waals surface area contributed by atoms with Crippen molar-refractivity contribution in [3.05, 3.63) is 41.2 Å². The maximum absolute atomic E-state index is 4.66. The molecular weight excluding hydrogens is 234 g/mol. The van der Waals surface area contributed by atoms with Crippen LogP contribution in [0.5, 0.6) is 0 Å². The summed E-state index contributed by atoms with van der Waals surface area (Å²) in [5.74, 6) is 1.79. The van der Waals surface area contributed by atoms with Crippen LogP contribution >= 0.6 is 0 Å². The third-order valence-electron chi connectivity index (χ3n) is 3.33. The van der Waals surface area contributed by atoms with Crippen molar-refractivity contribution >= 4 is 5.82 Å². The molecule has 3 nitrogen and oxygen atoms in total. The van der Waals surface area contributed by atoms with E-state index in [1.807, 2.05) is 6.07 Å². The first-order valence-corrected chi connectivity index (χ1v) is 6.84. The van der Waals surface area contributed by atoms with Crippen LogP contribution in [0.4, 0.5) is 5.82 Å². The first-order chi connectivity index (χ1) is 9.15. The average Bonchev–Trinajstić information content (AvgIpc) is 2.42. The summed E-state index contributed by atoms with van der Waals surface area (Å²) in [4.78, 5) is 9.15. The van der Waals surface area contributed by atoms with Gasteiger partial charge in [0.1, 0.15) is 11.6 Å². The molecule has 2 rings (SSSR count). The maximum Gasteiger partial charge on any atom is 0.131 e. The van der Waals surface area contributed by atoms with Crippen molar-refractivity contribution in [1.29, 1.82) is 0 Å². The smallest absolute Gasteiger partial charge is 0.131 e. The summed E-state index contributed by atoms with van der Waals surface area (Å²) in [6, 6.07) is 8.37. The second kappa shape index (κ2) is 5.83.